The van der Waals surface area contributed by atoms with Crippen molar-refractivity contribution in [1.29, 1.82) is 0 Å². The fourth-order valence-electron chi connectivity index (χ4n) is 10.1. The molecule has 1 aliphatic carbocycles. The van der Waals surface area contributed by atoms with E-state index in [0.717, 1.165) is 10.5 Å². The van der Waals surface area contributed by atoms with Gasteiger partial charge < -0.3 is 44.5 Å². The fraction of sp³-hybridized carbons (Fsp3) is 0.740. The molecule has 0 aromatic heterocycles. The van der Waals surface area contributed by atoms with Crippen molar-refractivity contribution in [2.75, 3.05) is 27.9 Å². The van der Waals surface area contributed by atoms with Crippen LogP contribution in [0.5, 0.6) is 0 Å². The van der Waals surface area contributed by atoms with Crippen molar-refractivity contribution in [3.63, 3.8) is 0 Å². The summed E-state index contributed by atoms with van der Waals surface area (Å²) >= 11 is 0. The quantitative estimate of drug-likeness (QED) is 0.0644. The lowest BCUT2D eigenvalue weighted by atomic mass is 9.79. The molecule has 0 spiro atoms. The van der Waals surface area contributed by atoms with Gasteiger partial charge in [0.05, 0.1) is 24.4 Å². The van der Waals surface area contributed by atoms with Crippen molar-refractivity contribution in [3.8, 4) is 0 Å². The largest absolute Gasteiger partial charge is 0.459 e. The molecule has 17 heteroatoms. The van der Waals surface area contributed by atoms with Gasteiger partial charge in [0, 0.05) is 69.4 Å². The minimum atomic E-state index is -2.46. The van der Waals surface area contributed by atoms with Crippen molar-refractivity contribution >= 4 is 29.2 Å². The molecule has 3 fully saturated rings. The fourth-order valence-corrected chi connectivity index (χ4v) is 10.1. The monoisotopic (exact) mass is 940 g/mol. The van der Waals surface area contributed by atoms with Gasteiger partial charge in [0.25, 0.3) is 11.7 Å². The molecule has 2 bridgehead atoms. The van der Waals surface area contributed by atoms with Crippen LogP contribution in [-0.4, -0.2) is 133 Å². The first-order valence-electron chi connectivity index (χ1n) is 24.1. The number of Topliss-reactive ketones (excluding diaryl/α,β-unsaturated/α-hetero) is 3. The molecule has 0 aromatic carbocycles. The Hall–Kier alpha value is -4.06. The van der Waals surface area contributed by atoms with Gasteiger partial charge in [0.15, 0.2) is 5.78 Å². The third-order valence-electron chi connectivity index (χ3n) is 14.4. The van der Waals surface area contributed by atoms with Gasteiger partial charge in [-0.1, -0.05) is 69.3 Å². The maximum absolute atomic E-state index is 14.4. The van der Waals surface area contributed by atoms with E-state index in [9.17, 15) is 34.2 Å². The number of esters is 1. The van der Waals surface area contributed by atoms with Gasteiger partial charge in [-0.2, -0.15) is 0 Å². The van der Waals surface area contributed by atoms with Crippen molar-refractivity contribution < 1.29 is 57.9 Å². The Labute approximate surface area is 396 Å². The molecule has 1 amide bonds. The first-order valence-corrected chi connectivity index (χ1v) is 24.1. The summed E-state index contributed by atoms with van der Waals surface area (Å²) in [6.45, 7) is 10.7. The maximum atomic E-state index is 14.4. The number of fused-ring (bicyclic) bond motifs is 3. The molecule has 4 N–H and O–H groups in total. The van der Waals surface area contributed by atoms with Crippen molar-refractivity contribution in [3.05, 3.63) is 58.0 Å². The molecule has 1 unspecified atom stereocenters. The molecule has 0 aromatic rings. The second-order valence-corrected chi connectivity index (χ2v) is 19.5. The summed E-state index contributed by atoms with van der Waals surface area (Å²) in [5.74, 6) is -8.21. The summed E-state index contributed by atoms with van der Waals surface area (Å²) in [6.07, 6.45) is 10.6. The van der Waals surface area contributed by atoms with E-state index in [4.69, 9.17) is 34.9 Å². The lowest BCUT2D eigenvalue weighted by Gasteiger charge is -2.42. The molecule has 3 heterocycles. The van der Waals surface area contributed by atoms with Gasteiger partial charge >= 0.3 is 5.97 Å². The Balaban J connectivity index is 1.71. The van der Waals surface area contributed by atoms with E-state index in [1.54, 1.807) is 48.0 Å². The second kappa shape index (κ2) is 26.1. The molecule has 2 saturated heterocycles. The van der Waals surface area contributed by atoms with Gasteiger partial charge in [-0.05, 0) is 107 Å². The number of amides is 1. The lowest BCUT2D eigenvalue weighted by molar-refractivity contribution is -0.265. The highest BCUT2D eigenvalue weighted by Crippen LogP contribution is 2.37. The van der Waals surface area contributed by atoms with Crippen LogP contribution >= 0.6 is 0 Å². The van der Waals surface area contributed by atoms with Crippen LogP contribution in [0, 0.1) is 29.6 Å². The van der Waals surface area contributed by atoms with Crippen molar-refractivity contribution in [2.45, 2.75) is 179 Å². The zero-order valence-electron chi connectivity index (χ0n) is 41.1. The van der Waals surface area contributed by atoms with E-state index < -0.39 is 83.8 Å². The SMILES string of the molecule is CO[C@H]1C[C@@H]2CC[C@@H](C)[C@@](O)(O2)C(=O)C(=O)N2CCCC[C@H]2C(=O)O[C@H]([C@H](N)C[C@@H]2CCC(N=[N+]=[N-])[C@H](OC)C2)CC(=O)[C@H](C)/C=C(\C)[C@@H](O)[C@@H](OC)C(=O)[C@H](C)C[C@H](C)/C=C/C=C/C=C/1C. The second-order valence-electron chi connectivity index (χ2n) is 19.5. The smallest absolute Gasteiger partial charge is 0.329 e. The minimum Gasteiger partial charge on any atom is -0.459 e. The predicted molar refractivity (Wildman–Crippen MR) is 251 cm³/mol. The third-order valence-corrected chi connectivity index (χ3v) is 14.4. The average molecular weight is 940 g/mol. The van der Waals surface area contributed by atoms with E-state index in [-0.39, 0.29) is 54.9 Å². The van der Waals surface area contributed by atoms with Crippen LogP contribution in [0.15, 0.2) is 52.7 Å². The standard InChI is InChI=1S/C50H77N5O12/c1-29-15-11-10-12-16-30(2)41(63-7)27-36-20-18-34(6)50(62,67-36)47(59)48(60)55-22-14-13-17-39(55)49(61)66-42(37(51)25-35-19-21-38(53-54-52)43(26-35)64-8)28-40(56)31(3)24-33(5)45(58)46(65-9)44(57)32(4)23-29/h10-12,15-16,24,29,31-32,34-39,41-43,45-46,58,62H,13-14,17-23,25-28,51H2,1-9H3/b12-10+,15-11+,30-16+,33-24+/t29-,31-,32-,34-,35+,36+,37-,38?,39+,41+,42+,43-,45-,46+,50-/m1/s1. The number of azide groups is 1. The Morgan fingerprint density at radius 3 is 2.33 bits per heavy atom. The molecule has 15 atom stereocenters. The number of ketones is 3. The van der Waals surface area contributed by atoms with Gasteiger partial charge in [0.2, 0.25) is 5.79 Å². The van der Waals surface area contributed by atoms with Crippen LogP contribution in [0.4, 0.5) is 0 Å². The summed E-state index contributed by atoms with van der Waals surface area (Å²) in [4.78, 5) is 74.7. The van der Waals surface area contributed by atoms with Crippen molar-refractivity contribution in [1.82, 2.24) is 4.90 Å². The van der Waals surface area contributed by atoms with E-state index in [2.05, 4.69) is 10.0 Å². The Bertz CT molecular complexity index is 1900. The van der Waals surface area contributed by atoms with Crippen LogP contribution in [-0.2, 0) is 47.7 Å². The zero-order valence-corrected chi connectivity index (χ0v) is 41.1. The Morgan fingerprint density at radius 1 is 0.925 bits per heavy atom. The topological polar surface area (TPSA) is 250 Å². The maximum Gasteiger partial charge on any atom is 0.329 e. The number of nitrogens with two attached hydrogens (primary N) is 1. The number of piperidine rings is 1. The molecule has 0 radical (unpaired) electrons. The number of methoxy groups -OCH3 is 3. The first kappa shape index (κ1) is 55.5. The number of carbonyl (C=O) groups excluding carboxylic acids is 5. The van der Waals surface area contributed by atoms with Gasteiger partial charge in [-0.25, -0.2) is 4.79 Å². The predicted octanol–water partition coefficient (Wildman–Crippen LogP) is 6.19. The summed E-state index contributed by atoms with van der Waals surface area (Å²) < 4.78 is 29.3. The number of rotatable bonds is 7. The van der Waals surface area contributed by atoms with Crippen LogP contribution in [0.3, 0.4) is 0 Å². The molecular weight excluding hydrogens is 863 g/mol. The Morgan fingerprint density at radius 2 is 1.66 bits per heavy atom. The molecular formula is C50H77N5O12. The summed E-state index contributed by atoms with van der Waals surface area (Å²) in [5, 5.41) is 27.3. The lowest BCUT2D eigenvalue weighted by Crippen LogP contribution is -2.61. The number of aliphatic hydroxyl groups excluding tert-OH is 1. The van der Waals surface area contributed by atoms with E-state index in [1.165, 1.54) is 7.11 Å². The van der Waals surface area contributed by atoms with Gasteiger partial charge in [-0.15, -0.1) is 0 Å². The number of hydrogen-bond donors (Lipinski definition) is 3. The normalized spacial score (nSPS) is 39.4. The zero-order chi connectivity index (χ0) is 49.6. The highest BCUT2D eigenvalue weighted by atomic mass is 16.6. The number of ether oxygens (including phenoxy) is 5. The van der Waals surface area contributed by atoms with Crippen LogP contribution in [0.25, 0.3) is 10.4 Å². The molecule has 17 nitrogen and oxygen atoms in total. The van der Waals surface area contributed by atoms with Crippen LogP contribution < -0.4 is 5.73 Å². The Kier molecular flexibility index (Phi) is 21.6. The number of aliphatic hydroxyl groups is 2. The van der Waals surface area contributed by atoms with Crippen LogP contribution in [0.1, 0.15) is 119 Å². The molecule has 3 aliphatic heterocycles. The number of hydrogen-bond acceptors (Lipinski definition) is 14. The van der Waals surface area contributed by atoms with E-state index >= 15 is 0 Å². The molecule has 67 heavy (non-hydrogen) atoms. The number of carbonyl (C=O) groups is 5. The summed E-state index contributed by atoms with van der Waals surface area (Å²) in [5.41, 5.74) is 17.2. The van der Waals surface area contributed by atoms with E-state index in [1.807, 2.05) is 44.2 Å². The molecule has 4 aliphatic rings. The highest BCUT2D eigenvalue weighted by molar-refractivity contribution is 6.39. The summed E-state index contributed by atoms with van der Waals surface area (Å²) in [7, 11) is 4.47. The third kappa shape index (κ3) is 14.7. The molecule has 374 valence electrons. The van der Waals surface area contributed by atoms with Gasteiger partial charge in [-0.3, -0.25) is 19.2 Å². The summed E-state index contributed by atoms with van der Waals surface area (Å²) in [6, 6.07) is -2.42. The molecule has 1 saturated carbocycles. The highest BCUT2D eigenvalue weighted by Gasteiger charge is 2.53. The number of allylic oxidation sites excluding steroid dienone is 6. The number of cyclic esters (lactones) is 1. The minimum absolute atomic E-state index is 0.00267. The van der Waals surface area contributed by atoms with E-state index in [0.29, 0.717) is 69.8 Å². The van der Waals surface area contributed by atoms with Gasteiger partial charge in [0.1, 0.15) is 30.1 Å². The first-order chi connectivity index (χ1) is 31.8. The number of nitrogens with zero attached hydrogens (tertiary/aromatic N) is 4. The van der Waals surface area contributed by atoms with Crippen LogP contribution in [0.2, 0.25) is 0 Å². The van der Waals surface area contributed by atoms with Crippen molar-refractivity contribution in [2.24, 2.45) is 40.4 Å². The molecule has 4 rings (SSSR count). The average Bonchev–Trinajstić information content (AvgIpc) is 3.30.